The SMILES string of the molecule is CCC1(CCC(=O)NN)C(=O)NN=C1C. The summed E-state index contributed by atoms with van der Waals surface area (Å²) in [6.07, 6.45) is 1.30. The van der Waals surface area contributed by atoms with Crippen molar-refractivity contribution in [3.05, 3.63) is 0 Å². The Balaban J connectivity index is 2.73. The maximum atomic E-state index is 11.6. The molecular weight excluding hydrogens is 196 g/mol. The van der Waals surface area contributed by atoms with E-state index in [2.05, 4.69) is 10.5 Å². The molecule has 0 spiro atoms. The Labute approximate surface area is 88.3 Å². The molecule has 0 bridgehead atoms. The molecule has 0 fully saturated rings. The number of nitrogens with one attached hydrogen (secondary N) is 2. The fraction of sp³-hybridized carbons (Fsp3) is 0.667. The molecule has 6 nitrogen and oxygen atoms in total. The van der Waals surface area contributed by atoms with Gasteiger partial charge >= 0.3 is 0 Å². The van der Waals surface area contributed by atoms with Crippen LogP contribution in [-0.2, 0) is 9.59 Å². The Bertz CT molecular complexity index is 313. The van der Waals surface area contributed by atoms with Crippen LogP contribution in [0.4, 0.5) is 0 Å². The van der Waals surface area contributed by atoms with Gasteiger partial charge in [0.15, 0.2) is 0 Å². The molecule has 15 heavy (non-hydrogen) atoms. The van der Waals surface area contributed by atoms with Gasteiger partial charge in [0.25, 0.3) is 5.91 Å². The van der Waals surface area contributed by atoms with E-state index >= 15 is 0 Å². The Morgan fingerprint density at radius 3 is 2.73 bits per heavy atom. The van der Waals surface area contributed by atoms with E-state index in [1.165, 1.54) is 0 Å². The monoisotopic (exact) mass is 212 g/mol. The van der Waals surface area contributed by atoms with Gasteiger partial charge < -0.3 is 0 Å². The van der Waals surface area contributed by atoms with Gasteiger partial charge in [0.2, 0.25) is 5.91 Å². The Hall–Kier alpha value is -1.43. The first-order valence-electron chi connectivity index (χ1n) is 4.91. The Morgan fingerprint density at radius 1 is 1.67 bits per heavy atom. The largest absolute Gasteiger partial charge is 0.294 e. The van der Waals surface area contributed by atoms with Crippen molar-refractivity contribution in [2.45, 2.75) is 33.1 Å². The number of hydrogen-bond acceptors (Lipinski definition) is 4. The number of carbonyl (C=O) groups is 2. The molecule has 1 rings (SSSR count). The van der Waals surface area contributed by atoms with Gasteiger partial charge in [0, 0.05) is 6.42 Å². The van der Waals surface area contributed by atoms with Crippen molar-refractivity contribution in [2.24, 2.45) is 16.4 Å². The van der Waals surface area contributed by atoms with Crippen LogP contribution in [0.3, 0.4) is 0 Å². The highest BCUT2D eigenvalue weighted by molar-refractivity contribution is 6.11. The van der Waals surface area contributed by atoms with Crippen molar-refractivity contribution in [2.75, 3.05) is 0 Å². The van der Waals surface area contributed by atoms with E-state index < -0.39 is 5.41 Å². The van der Waals surface area contributed by atoms with Crippen LogP contribution in [0.2, 0.25) is 0 Å². The van der Waals surface area contributed by atoms with Gasteiger partial charge in [0.1, 0.15) is 0 Å². The van der Waals surface area contributed by atoms with E-state index in [0.29, 0.717) is 12.8 Å². The second kappa shape index (κ2) is 4.39. The summed E-state index contributed by atoms with van der Waals surface area (Å²) < 4.78 is 0. The predicted octanol–water partition coefficient (Wildman–Crippen LogP) is -0.341. The van der Waals surface area contributed by atoms with Crippen molar-refractivity contribution < 1.29 is 9.59 Å². The Morgan fingerprint density at radius 2 is 2.33 bits per heavy atom. The smallest absolute Gasteiger partial charge is 0.252 e. The fourth-order valence-corrected chi connectivity index (χ4v) is 1.80. The third-order valence-electron chi connectivity index (χ3n) is 3.00. The van der Waals surface area contributed by atoms with Gasteiger partial charge in [-0.1, -0.05) is 6.92 Å². The van der Waals surface area contributed by atoms with Crippen molar-refractivity contribution in [3.8, 4) is 0 Å². The van der Waals surface area contributed by atoms with Crippen molar-refractivity contribution in [3.63, 3.8) is 0 Å². The summed E-state index contributed by atoms with van der Waals surface area (Å²) in [6.45, 7) is 3.70. The lowest BCUT2D eigenvalue weighted by molar-refractivity contribution is -0.127. The molecule has 0 aromatic rings. The molecule has 1 heterocycles. The topological polar surface area (TPSA) is 96.6 Å². The lowest BCUT2D eigenvalue weighted by Gasteiger charge is -2.24. The lowest BCUT2D eigenvalue weighted by Crippen LogP contribution is -2.39. The van der Waals surface area contributed by atoms with Crippen LogP contribution in [0, 0.1) is 5.41 Å². The van der Waals surface area contributed by atoms with Crippen molar-refractivity contribution >= 4 is 17.5 Å². The molecule has 0 saturated heterocycles. The summed E-state index contributed by atoms with van der Waals surface area (Å²) in [6, 6.07) is 0. The summed E-state index contributed by atoms with van der Waals surface area (Å²) in [7, 11) is 0. The van der Waals surface area contributed by atoms with E-state index in [4.69, 9.17) is 5.84 Å². The molecule has 0 aromatic heterocycles. The molecule has 0 aromatic carbocycles. The molecule has 84 valence electrons. The zero-order chi connectivity index (χ0) is 11.5. The molecule has 4 N–H and O–H groups in total. The summed E-state index contributed by atoms with van der Waals surface area (Å²) in [5.41, 5.74) is 4.59. The molecule has 1 aliphatic heterocycles. The lowest BCUT2D eigenvalue weighted by atomic mass is 9.77. The molecule has 0 saturated carbocycles. The Kier molecular flexibility index (Phi) is 3.41. The highest BCUT2D eigenvalue weighted by Gasteiger charge is 2.43. The van der Waals surface area contributed by atoms with Gasteiger partial charge in [-0.2, -0.15) is 5.10 Å². The first-order chi connectivity index (χ1) is 7.06. The number of nitrogens with zero attached hydrogens (tertiary/aromatic N) is 1. The van der Waals surface area contributed by atoms with Crippen LogP contribution >= 0.6 is 0 Å². The molecule has 0 radical (unpaired) electrons. The van der Waals surface area contributed by atoms with Crippen molar-refractivity contribution in [1.29, 1.82) is 0 Å². The molecule has 6 heteroatoms. The number of hydrogen-bond donors (Lipinski definition) is 3. The third-order valence-corrected chi connectivity index (χ3v) is 3.00. The van der Waals surface area contributed by atoms with E-state index in [1.54, 1.807) is 6.92 Å². The molecule has 1 aliphatic rings. The summed E-state index contributed by atoms with van der Waals surface area (Å²) in [4.78, 5) is 22.7. The maximum absolute atomic E-state index is 11.6. The van der Waals surface area contributed by atoms with Gasteiger partial charge in [-0.05, 0) is 19.8 Å². The third kappa shape index (κ3) is 1.99. The number of nitrogens with two attached hydrogens (primary N) is 1. The average Bonchev–Trinajstić information content (AvgIpc) is 2.53. The molecule has 1 unspecified atom stereocenters. The fourth-order valence-electron chi connectivity index (χ4n) is 1.80. The van der Waals surface area contributed by atoms with Crippen LogP contribution in [0.25, 0.3) is 0 Å². The first kappa shape index (κ1) is 11.6. The summed E-state index contributed by atoms with van der Waals surface area (Å²) >= 11 is 0. The zero-order valence-corrected chi connectivity index (χ0v) is 8.96. The normalized spacial score (nSPS) is 24.7. The highest BCUT2D eigenvalue weighted by atomic mass is 16.2. The van der Waals surface area contributed by atoms with Crippen LogP contribution in [0.5, 0.6) is 0 Å². The second-order valence-electron chi connectivity index (χ2n) is 3.64. The van der Waals surface area contributed by atoms with E-state index in [0.717, 1.165) is 5.71 Å². The van der Waals surface area contributed by atoms with Gasteiger partial charge in [-0.15, -0.1) is 0 Å². The molecule has 2 amide bonds. The van der Waals surface area contributed by atoms with E-state index in [-0.39, 0.29) is 18.2 Å². The van der Waals surface area contributed by atoms with Crippen LogP contribution in [0.15, 0.2) is 5.10 Å². The second-order valence-corrected chi connectivity index (χ2v) is 3.64. The van der Waals surface area contributed by atoms with Gasteiger partial charge in [-0.3, -0.25) is 15.0 Å². The van der Waals surface area contributed by atoms with E-state index in [1.807, 2.05) is 12.3 Å². The number of hydrazone groups is 1. The number of hydrazine groups is 1. The van der Waals surface area contributed by atoms with E-state index in [9.17, 15) is 9.59 Å². The van der Waals surface area contributed by atoms with Gasteiger partial charge in [-0.25, -0.2) is 11.3 Å². The maximum Gasteiger partial charge on any atom is 0.252 e. The summed E-state index contributed by atoms with van der Waals surface area (Å²) in [5.74, 6) is 4.58. The predicted molar refractivity (Wildman–Crippen MR) is 55.5 cm³/mol. The first-order valence-corrected chi connectivity index (χ1v) is 4.91. The van der Waals surface area contributed by atoms with Crippen molar-refractivity contribution in [1.82, 2.24) is 10.9 Å². The number of amides is 2. The highest BCUT2D eigenvalue weighted by Crippen LogP contribution is 2.33. The molecule has 1 atom stereocenters. The van der Waals surface area contributed by atoms with Crippen LogP contribution < -0.4 is 16.7 Å². The van der Waals surface area contributed by atoms with Gasteiger partial charge in [0.05, 0.1) is 11.1 Å². The minimum Gasteiger partial charge on any atom is -0.294 e. The average molecular weight is 212 g/mol. The number of carbonyl (C=O) groups excluding carboxylic acids is 2. The zero-order valence-electron chi connectivity index (χ0n) is 8.96. The van der Waals surface area contributed by atoms with Crippen LogP contribution in [-0.4, -0.2) is 17.5 Å². The number of rotatable bonds is 4. The molecular formula is C9H16N4O2. The minimum atomic E-state index is -0.632. The quantitative estimate of drug-likeness (QED) is 0.338. The summed E-state index contributed by atoms with van der Waals surface area (Å²) in [5, 5.41) is 3.90. The van der Waals surface area contributed by atoms with Crippen LogP contribution in [0.1, 0.15) is 33.1 Å². The minimum absolute atomic E-state index is 0.132. The standard InChI is InChI=1S/C9H16N4O2/c1-3-9(5-4-7(14)11-10)6(2)12-13-8(9)15/h3-5,10H2,1-2H3,(H,11,14)(H,13,15). The molecule has 0 aliphatic carbocycles.